The van der Waals surface area contributed by atoms with Crippen molar-refractivity contribution in [1.29, 1.82) is 0 Å². The molecule has 0 aromatic carbocycles. The van der Waals surface area contributed by atoms with Gasteiger partial charge in [-0.2, -0.15) is 4.79 Å². The largest absolute Gasteiger partial charge is 0.361 e. The van der Waals surface area contributed by atoms with Gasteiger partial charge in [-0.05, 0) is 19.8 Å². The number of nitrogens with zero attached hydrogens (tertiary/aromatic N) is 2. The van der Waals surface area contributed by atoms with E-state index >= 15 is 0 Å². The van der Waals surface area contributed by atoms with Gasteiger partial charge in [0, 0.05) is 0 Å². The topological polar surface area (TPSA) is 70.5 Å². The predicted octanol–water partition coefficient (Wildman–Crippen LogP) is 1.01. The smallest absolute Gasteiger partial charge is 0.324 e. The van der Waals surface area contributed by atoms with E-state index in [1.165, 1.54) is 6.92 Å². The van der Waals surface area contributed by atoms with Crippen LogP contribution in [0.5, 0.6) is 0 Å². The van der Waals surface area contributed by atoms with Crippen molar-refractivity contribution in [3.63, 3.8) is 0 Å². The molecule has 0 amide bonds. The summed E-state index contributed by atoms with van der Waals surface area (Å²) in [5.41, 5.74) is 7.35. The van der Waals surface area contributed by atoms with Gasteiger partial charge in [0.25, 0.3) is 0 Å². The van der Waals surface area contributed by atoms with Crippen LogP contribution in [-0.2, 0) is 9.59 Å². The molecule has 0 atom stereocenters. The Hall–Kier alpha value is -1.28. The quantitative estimate of drug-likeness (QED) is 0.281. The minimum absolute atomic E-state index is 0.116. The Labute approximate surface area is 76.6 Å². The molecular weight excluding hydrogens is 168 g/mol. The average molecular weight is 180 g/mol. The molecule has 0 saturated heterocycles. The van der Waals surface area contributed by atoms with Crippen molar-refractivity contribution in [3.8, 4) is 0 Å². The van der Waals surface area contributed by atoms with Crippen LogP contribution in [0.1, 0.15) is 32.6 Å². The van der Waals surface area contributed by atoms with Crippen LogP contribution in [0.3, 0.4) is 0 Å². The third-order valence-electron chi connectivity index (χ3n) is 2.78. The van der Waals surface area contributed by atoms with Gasteiger partial charge in [-0.25, -0.2) is 0 Å². The summed E-state index contributed by atoms with van der Waals surface area (Å²) in [6.07, 6.45) is 3.81. The molecule has 1 fully saturated rings. The molecule has 1 aliphatic carbocycles. The summed E-state index contributed by atoms with van der Waals surface area (Å²) in [6, 6.07) is 0. The summed E-state index contributed by atoms with van der Waals surface area (Å²) in [4.78, 5) is 25.5. The highest BCUT2D eigenvalue weighted by molar-refractivity contribution is 6.33. The van der Waals surface area contributed by atoms with Crippen molar-refractivity contribution in [1.82, 2.24) is 0 Å². The zero-order chi connectivity index (χ0) is 9.90. The number of ketones is 2. The maximum atomic E-state index is 11.5. The van der Waals surface area contributed by atoms with Crippen molar-refractivity contribution in [3.05, 3.63) is 5.53 Å². The summed E-state index contributed by atoms with van der Waals surface area (Å²) in [6.45, 7) is 1.43. The van der Waals surface area contributed by atoms with Gasteiger partial charge in [-0.15, -0.1) is 0 Å². The molecule has 4 nitrogen and oxygen atoms in total. The van der Waals surface area contributed by atoms with E-state index in [4.69, 9.17) is 5.53 Å². The van der Waals surface area contributed by atoms with Crippen LogP contribution in [0.15, 0.2) is 0 Å². The van der Waals surface area contributed by atoms with Crippen molar-refractivity contribution in [2.45, 2.75) is 32.6 Å². The third kappa shape index (κ3) is 1.58. The lowest BCUT2D eigenvalue weighted by Gasteiger charge is -2.19. The molecule has 0 heterocycles. The number of carbonyl (C=O) groups is 2. The Morgan fingerprint density at radius 3 is 2.31 bits per heavy atom. The SMILES string of the molecule is CC(=O)C1(C(=O)C=[N+]=[N-])CCCC1. The average Bonchev–Trinajstić information content (AvgIpc) is 2.53. The van der Waals surface area contributed by atoms with Crippen LogP contribution in [-0.4, -0.2) is 22.6 Å². The van der Waals surface area contributed by atoms with Gasteiger partial charge in [-0.3, -0.25) is 9.59 Å². The molecule has 13 heavy (non-hydrogen) atoms. The first-order valence-electron chi connectivity index (χ1n) is 4.36. The van der Waals surface area contributed by atoms with Crippen molar-refractivity contribution in [2.24, 2.45) is 5.41 Å². The molecule has 0 spiro atoms. The Morgan fingerprint density at radius 2 is 1.92 bits per heavy atom. The summed E-state index contributed by atoms with van der Waals surface area (Å²) in [5.74, 6) is -0.477. The van der Waals surface area contributed by atoms with Crippen molar-refractivity contribution in [2.75, 3.05) is 0 Å². The fourth-order valence-corrected chi connectivity index (χ4v) is 1.93. The molecule has 0 aromatic rings. The highest BCUT2D eigenvalue weighted by Crippen LogP contribution is 2.39. The van der Waals surface area contributed by atoms with Gasteiger partial charge in [0.1, 0.15) is 5.78 Å². The zero-order valence-electron chi connectivity index (χ0n) is 7.62. The highest BCUT2D eigenvalue weighted by atomic mass is 16.2. The van der Waals surface area contributed by atoms with Gasteiger partial charge in [0.15, 0.2) is 0 Å². The van der Waals surface area contributed by atoms with Crippen LogP contribution in [0.4, 0.5) is 0 Å². The van der Waals surface area contributed by atoms with E-state index in [-0.39, 0.29) is 11.6 Å². The maximum absolute atomic E-state index is 11.5. The van der Waals surface area contributed by atoms with E-state index in [2.05, 4.69) is 4.79 Å². The number of hydrogen-bond acceptors (Lipinski definition) is 2. The molecule has 4 heteroatoms. The summed E-state index contributed by atoms with van der Waals surface area (Å²) in [7, 11) is 0. The Morgan fingerprint density at radius 1 is 1.38 bits per heavy atom. The van der Waals surface area contributed by atoms with Gasteiger partial charge in [0.05, 0.1) is 5.41 Å². The predicted molar refractivity (Wildman–Crippen MR) is 46.3 cm³/mol. The molecule has 70 valence electrons. The minimum Gasteiger partial charge on any atom is -0.361 e. The monoisotopic (exact) mass is 180 g/mol. The number of hydrogen-bond donors (Lipinski definition) is 0. The number of Topliss-reactive ketones (excluding diaryl/α,β-unsaturated/α-hetero) is 2. The van der Waals surface area contributed by atoms with Gasteiger partial charge in [-0.1, -0.05) is 12.8 Å². The molecule has 0 unspecified atom stereocenters. The van der Waals surface area contributed by atoms with Crippen LogP contribution < -0.4 is 0 Å². The fourth-order valence-electron chi connectivity index (χ4n) is 1.93. The molecule has 1 rings (SSSR count). The van der Waals surface area contributed by atoms with E-state index < -0.39 is 5.41 Å². The maximum Gasteiger partial charge on any atom is 0.324 e. The molecular formula is C9H12N2O2. The Bertz CT molecular complexity index is 284. The normalized spacial score (nSPS) is 19.2. The summed E-state index contributed by atoms with van der Waals surface area (Å²) >= 11 is 0. The molecule has 0 aromatic heterocycles. The second-order valence-corrected chi connectivity index (χ2v) is 3.45. The van der Waals surface area contributed by atoms with Crippen LogP contribution in [0, 0.1) is 5.41 Å². The molecule has 1 saturated carbocycles. The van der Waals surface area contributed by atoms with Crippen molar-refractivity contribution < 1.29 is 14.4 Å². The summed E-state index contributed by atoms with van der Waals surface area (Å²) < 4.78 is 0. The Balaban J connectivity index is 2.97. The zero-order valence-corrected chi connectivity index (χ0v) is 7.62. The molecule has 1 aliphatic rings. The number of rotatable bonds is 3. The highest BCUT2D eigenvalue weighted by Gasteiger charge is 2.46. The second kappa shape index (κ2) is 3.62. The van der Waals surface area contributed by atoms with E-state index in [1.54, 1.807) is 0 Å². The van der Waals surface area contributed by atoms with E-state index in [0.29, 0.717) is 12.8 Å². The minimum atomic E-state index is -0.883. The lowest BCUT2D eigenvalue weighted by atomic mass is 9.78. The van der Waals surface area contributed by atoms with Crippen molar-refractivity contribution >= 4 is 17.8 Å². The lowest BCUT2D eigenvalue weighted by molar-refractivity contribution is -0.137. The molecule has 0 radical (unpaired) electrons. The van der Waals surface area contributed by atoms with Gasteiger partial charge < -0.3 is 5.53 Å². The van der Waals surface area contributed by atoms with E-state index in [9.17, 15) is 9.59 Å². The first-order chi connectivity index (χ1) is 6.13. The van der Waals surface area contributed by atoms with Gasteiger partial charge in [0.2, 0.25) is 5.78 Å². The molecule has 0 aliphatic heterocycles. The standard InChI is InChI=1S/C9H12N2O2/c1-7(12)9(4-2-3-5-9)8(13)6-11-10/h6H,2-5H2,1H3. The lowest BCUT2D eigenvalue weighted by Crippen LogP contribution is -2.36. The van der Waals surface area contributed by atoms with Crippen LogP contribution in [0.2, 0.25) is 0 Å². The Kier molecular flexibility index (Phi) is 2.73. The summed E-state index contributed by atoms with van der Waals surface area (Å²) in [5, 5.41) is 0. The first-order valence-corrected chi connectivity index (χ1v) is 4.36. The van der Waals surface area contributed by atoms with Crippen LogP contribution >= 0.6 is 0 Å². The fraction of sp³-hybridized carbons (Fsp3) is 0.667. The molecule has 0 N–H and O–H groups in total. The van der Waals surface area contributed by atoms with E-state index in [0.717, 1.165) is 19.1 Å². The number of carbonyl (C=O) groups excluding carboxylic acids is 2. The molecule has 0 bridgehead atoms. The van der Waals surface area contributed by atoms with Crippen LogP contribution in [0.25, 0.3) is 5.53 Å². The first kappa shape index (κ1) is 9.81. The third-order valence-corrected chi connectivity index (χ3v) is 2.78. The van der Waals surface area contributed by atoms with Gasteiger partial charge >= 0.3 is 6.21 Å². The van der Waals surface area contributed by atoms with E-state index in [1.807, 2.05) is 0 Å². The second-order valence-electron chi connectivity index (χ2n) is 3.45.